The molecule has 0 N–H and O–H groups in total. The fourth-order valence-corrected chi connectivity index (χ4v) is 4.60. The molecule has 2 aromatic carbocycles. The molecule has 1 amide bonds. The number of ether oxygens (including phenoxy) is 1. The topological polar surface area (TPSA) is 32.8 Å². The van der Waals surface area contributed by atoms with Crippen LogP contribution in [0.25, 0.3) is 6.08 Å². The Morgan fingerprint density at radius 1 is 1.10 bits per heavy atom. The van der Waals surface area contributed by atoms with Crippen molar-refractivity contribution in [2.75, 3.05) is 27.2 Å². The van der Waals surface area contributed by atoms with Crippen LogP contribution in [0.15, 0.2) is 54.6 Å². The fourth-order valence-electron chi connectivity index (χ4n) is 4.60. The van der Waals surface area contributed by atoms with Crippen LogP contribution in [0.5, 0.6) is 5.75 Å². The molecule has 1 aliphatic carbocycles. The van der Waals surface area contributed by atoms with Crippen molar-refractivity contribution in [1.82, 2.24) is 9.80 Å². The SMILES string of the molecule is COc1ccc(/C=C/C(=O)N(C)[C@@H]2CCCN(C3Cc4ccccc4C3)C2)cc1. The van der Waals surface area contributed by atoms with Crippen LogP contribution in [0.2, 0.25) is 0 Å². The number of carbonyl (C=O) groups excluding carboxylic acids is 1. The average Bonchev–Trinajstić information content (AvgIpc) is 3.22. The summed E-state index contributed by atoms with van der Waals surface area (Å²) in [4.78, 5) is 17.3. The van der Waals surface area contributed by atoms with Crippen LogP contribution in [0, 0.1) is 0 Å². The van der Waals surface area contributed by atoms with E-state index in [0.29, 0.717) is 6.04 Å². The van der Waals surface area contributed by atoms with Crippen LogP contribution >= 0.6 is 0 Å². The predicted octanol–water partition coefficient (Wildman–Crippen LogP) is 3.80. The Balaban J connectivity index is 1.35. The number of likely N-dealkylation sites (tertiary alicyclic amines) is 1. The number of fused-ring (bicyclic) bond motifs is 1. The van der Waals surface area contributed by atoms with E-state index in [2.05, 4.69) is 29.2 Å². The highest BCUT2D eigenvalue weighted by Crippen LogP contribution is 2.28. The smallest absolute Gasteiger partial charge is 0.246 e. The first-order valence-electron chi connectivity index (χ1n) is 10.5. The lowest BCUT2D eigenvalue weighted by Gasteiger charge is -2.40. The summed E-state index contributed by atoms with van der Waals surface area (Å²) in [6.45, 7) is 2.11. The van der Waals surface area contributed by atoms with Crippen molar-refractivity contribution in [3.63, 3.8) is 0 Å². The maximum Gasteiger partial charge on any atom is 0.246 e. The van der Waals surface area contributed by atoms with Gasteiger partial charge in [0.1, 0.15) is 5.75 Å². The molecule has 0 unspecified atom stereocenters. The van der Waals surface area contributed by atoms with Crippen LogP contribution in [0.4, 0.5) is 0 Å². The van der Waals surface area contributed by atoms with E-state index in [9.17, 15) is 4.79 Å². The van der Waals surface area contributed by atoms with Gasteiger partial charge in [-0.1, -0.05) is 36.4 Å². The maximum atomic E-state index is 12.7. The van der Waals surface area contributed by atoms with E-state index in [1.54, 1.807) is 13.2 Å². The van der Waals surface area contributed by atoms with Crippen LogP contribution in [0.1, 0.15) is 29.5 Å². The van der Waals surface area contributed by atoms with Gasteiger partial charge in [0, 0.05) is 31.8 Å². The van der Waals surface area contributed by atoms with Crippen LogP contribution in [-0.4, -0.2) is 55.0 Å². The number of benzene rings is 2. The minimum Gasteiger partial charge on any atom is -0.497 e. The number of rotatable bonds is 5. The fraction of sp³-hybridized carbons (Fsp3) is 0.400. The number of hydrogen-bond donors (Lipinski definition) is 0. The molecule has 0 aromatic heterocycles. The molecule has 2 aliphatic rings. The molecule has 2 aromatic rings. The monoisotopic (exact) mass is 390 g/mol. The van der Waals surface area contributed by atoms with Gasteiger partial charge >= 0.3 is 0 Å². The van der Waals surface area contributed by atoms with Gasteiger partial charge in [0.15, 0.2) is 0 Å². The van der Waals surface area contributed by atoms with Gasteiger partial charge in [-0.2, -0.15) is 0 Å². The number of amides is 1. The summed E-state index contributed by atoms with van der Waals surface area (Å²) in [5.74, 6) is 0.893. The Bertz CT molecular complexity index is 850. The highest BCUT2D eigenvalue weighted by atomic mass is 16.5. The van der Waals surface area contributed by atoms with Crippen molar-refractivity contribution in [2.24, 2.45) is 0 Å². The third-order valence-electron chi connectivity index (χ3n) is 6.40. The van der Waals surface area contributed by atoms with E-state index >= 15 is 0 Å². The second-order valence-corrected chi connectivity index (χ2v) is 8.18. The number of piperidine rings is 1. The van der Waals surface area contributed by atoms with Crippen molar-refractivity contribution in [3.8, 4) is 5.75 Å². The molecule has 0 radical (unpaired) electrons. The van der Waals surface area contributed by atoms with Gasteiger partial charge in [-0.3, -0.25) is 9.69 Å². The third kappa shape index (κ3) is 4.54. The molecule has 152 valence electrons. The number of nitrogens with zero attached hydrogens (tertiary/aromatic N) is 2. The molecule has 4 heteroatoms. The molecule has 0 saturated carbocycles. The van der Waals surface area contributed by atoms with Gasteiger partial charge in [-0.25, -0.2) is 0 Å². The first-order chi connectivity index (χ1) is 14.1. The zero-order valence-corrected chi connectivity index (χ0v) is 17.4. The predicted molar refractivity (Wildman–Crippen MR) is 117 cm³/mol. The highest BCUT2D eigenvalue weighted by molar-refractivity contribution is 5.91. The van der Waals surface area contributed by atoms with Crippen molar-refractivity contribution in [2.45, 2.75) is 37.8 Å². The first kappa shape index (κ1) is 19.7. The van der Waals surface area contributed by atoms with Gasteiger partial charge in [0.25, 0.3) is 0 Å². The molecule has 1 aliphatic heterocycles. The van der Waals surface area contributed by atoms with Gasteiger partial charge in [-0.15, -0.1) is 0 Å². The summed E-state index contributed by atoms with van der Waals surface area (Å²) < 4.78 is 5.18. The van der Waals surface area contributed by atoms with Crippen molar-refractivity contribution in [1.29, 1.82) is 0 Å². The quantitative estimate of drug-likeness (QED) is 0.728. The van der Waals surface area contributed by atoms with Gasteiger partial charge < -0.3 is 9.64 Å². The molecule has 29 heavy (non-hydrogen) atoms. The molecule has 1 heterocycles. The molecule has 4 nitrogen and oxygen atoms in total. The van der Waals surface area contributed by atoms with Gasteiger partial charge in [-0.05, 0) is 67.1 Å². The zero-order chi connectivity index (χ0) is 20.2. The molecular weight excluding hydrogens is 360 g/mol. The highest BCUT2D eigenvalue weighted by Gasteiger charge is 2.32. The molecule has 1 fully saturated rings. The van der Waals surface area contributed by atoms with E-state index in [-0.39, 0.29) is 11.9 Å². The van der Waals surface area contributed by atoms with E-state index in [0.717, 1.165) is 50.1 Å². The Labute approximate surface area is 173 Å². The van der Waals surface area contributed by atoms with Gasteiger partial charge in [0.2, 0.25) is 5.91 Å². The minimum absolute atomic E-state index is 0.0716. The Kier molecular flexibility index (Phi) is 6.00. The summed E-state index contributed by atoms with van der Waals surface area (Å²) in [6.07, 6.45) is 8.07. The van der Waals surface area contributed by atoms with E-state index in [4.69, 9.17) is 4.74 Å². The molecule has 1 atom stereocenters. The summed E-state index contributed by atoms with van der Waals surface area (Å²) in [7, 11) is 3.60. The largest absolute Gasteiger partial charge is 0.497 e. The molecule has 1 saturated heterocycles. The number of methoxy groups -OCH3 is 1. The Morgan fingerprint density at radius 2 is 1.79 bits per heavy atom. The summed E-state index contributed by atoms with van der Waals surface area (Å²) in [5.41, 5.74) is 3.99. The number of carbonyl (C=O) groups is 1. The third-order valence-corrected chi connectivity index (χ3v) is 6.40. The summed E-state index contributed by atoms with van der Waals surface area (Å²) in [6, 6.07) is 17.4. The second kappa shape index (κ2) is 8.83. The van der Waals surface area contributed by atoms with Crippen molar-refractivity contribution in [3.05, 3.63) is 71.3 Å². The lowest BCUT2D eigenvalue weighted by Crippen LogP contribution is -2.51. The lowest BCUT2D eigenvalue weighted by atomic mass is 10.0. The van der Waals surface area contributed by atoms with Gasteiger partial charge in [0.05, 0.1) is 7.11 Å². The van der Waals surface area contributed by atoms with Crippen molar-refractivity contribution < 1.29 is 9.53 Å². The normalized spacial score (nSPS) is 20.0. The molecule has 4 rings (SSSR count). The van der Waals surface area contributed by atoms with E-state index in [1.165, 1.54) is 11.1 Å². The molecule has 0 spiro atoms. The lowest BCUT2D eigenvalue weighted by molar-refractivity contribution is -0.127. The van der Waals surface area contributed by atoms with E-state index < -0.39 is 0 Å². The Morgan fingerprint density at radius 3 is 2.45 bits per heavy atom. The second-order valence-electron chi connectivity index (χ2n) is 8.18. The van der Waals surface area contributed by atoms with Crippen LogP contribution in [0.3, 0.4) is 0 Å². The molecule has 0 bridgehead atoms. The summed E-state index contributed by atoms with van der Waals surface area (Å²) >= 11 is 0. The van der Waals surface area contributed by atoms with E-state index in [1.807, 2.05) is 42.3 Å². The van der Waals surface area contributed by atoms with Crippen molar-refractivity contribution >= 4 is 12.0 Å². The van der Waals surface area contributed by atoms with Crippen LogP contribution in [-0.2, 0) is 17.6 Å². The zero-order valence-electron chi connectivity index (χ0n) is 17.4. The molecular formula is C25H30N2O2. The summed E-state index contributed by atoms with van der Waals surface area (Å²) in [5, 5.41) is 0. The standard InChI is InChI=1S/C25H30N2O2/c1-26(25(28)14-11-19-9-12-24(29-2)13-10-19)22-8-5-15-27(18-22)23-16-20-6-3-4-7-21(20)17-23/h3-4,6-7,9-14,22-23H,5,8,15-18H2,1-2H3/b14-11+/t22-/m1/s1. The Hall–Kier alpha value is -2.59. The van der Waals surface area contributed by atoms with Crippen LogP contribution < -0.4 is 4.74 Å². The average molecular weight is 391 g/mol. The number of likely N-dealkylation sites (N-methyl/N-ethyl adjacent to an activating group) is 1. The number of hydrogen-bond acceptors (Lipinski definition) is 3. The first-order valence-corrected chi connectivity index (χ1v) is 10.5. The maximum absolute atomic E-state index is 12.7. The minimum atomic E-state index is 0.0716.